The fourth-order valence-electron chi connectivity index (χ4n) is 0. The minimum absolute atomic E-state index is 0. The minimum atomic E-state index is 0. The molecule has 0 heterocycles. The van der Waals surface area contributed by atoms with Crippen LogP contribution in [0.2, 0.25) is 0 Å². The van der Waals surface area contributed by atoms with E-state index in [1.165, 1.54) is 0 Å². The topological polar surface area (TPSA) is 120 Å². The van der Waals surface area contributed by atoms with Gasteiger partial charge in [0.25, 0.3) is 0 Å². The van der Waals surface area contributed by atoms with Crippen LogP contribution in [0.25, 0.3) is 0 Å². The third-order valence-corrected chi connectivity index (χ3v) is 0. The normalized spacial score (nSPS) is 0. The molecular formula is H4O4Pt2Ti. The summed E-state index contributed by atoms with van der Waals surface area (Å²) in [6, 6.07) is 0. The van der Waals surface area contributed by atoms with Gasteiger partial charge in [-0.1, -0.05) is 0 Å². The predicted octanol–water partition coefficient (Wildman–Crippen LogP) is -0.715. The summed E-state index contributed by atoms with van der Waals surface area (Å²) in [5, 5.41) is 0. The molecule has 4 nitrogen and oxygen atoms in total. The van der Waals surface area contributed by atoms with Gasteiger partial charge < -0.3 is 21.9 Å². The van der Waals surface area contributed by atoms with Crippen LogP contribution in [-0.2, 0) is 63.8 Å². The smallest absolute Gasteiger partial charge is 0.870 e. The Hall–Kier alpha value is 1.93. The van der Waals surface area contributed by atoms with Gasteiger partial charge >= 0.3 is 42.1 Å². The maximum atomic E-state index is 0. The Morgan fingerprint density at radius 3 is 0.429 bits per heavy atom. The molecule has 4 N–H and O–H groups in total. The Balaban J connectivity index is 0. The van der Waals surface area contributed by atoms with Gasteiger partial charge in [-0.15, -0.1) is 0 Å². The van der Waals surface area contributed by atoms with Crippen molar-refractivity contribution < 1.29 is 85.8 Å². The quantitative estimate of drug-likeness (QED) is 0.404. The first kappa shape index (κ1) is 151. The van der Waals surface area contributed by atoms with Crippen LogP contribution in [-0.4, -0.2) is 21.9 Å². The fraction of sp³-hybridized carbons (Fsp3) is 0. The number of hydrogen-bond donors (Lipinski definition) is 0. The molecule has 7 heteroatoms. The summed E-state index contributed by atoms with van der Waals surface area (Å²) in [4.78, 5) is 0. The van der Waals surface area contributed by atoms with E-state index in [1.54, 1.807) is 0 Å². The first-order valence-corrected chi connectivity index (χ1v) is 0. The maximum Gasteiger partial charge on any atom is 2.00 e. The molecule has 0 aromatic heterocycles. The second kappa shape index (κ2) is 102. The largest absolute Gasteiger partial charge is 2.00 e. The Kier molecular flexibility index (Phi) is 2200. The van der Waals surface area contributed by atoms with Crippen molar-refractivity contribution >= 4 is 0 Å². The minimum Gasteiger partial charge on any atom is -0.870 e. The van der Waals surface area contributed by atoms with Gasteiger partial charge in [-0.05, 0) is 0 Å². The van der Waals surface area contributed by atoms with Gasteiger partial charge in [-0.3, -0.25) is 0 Å². The average molecular weight is 506 g/mol. The van der Waals surface area contributed by atoms with Crippen LogP contribution in [0.15, 0.2) is 0 Å². The molecule has 0 aromatic carbocycles. The molecule has 0 aromatic rings. The Labute approximate surface area is 85.1 Å². The molecule has 0 aliphatic carbocycles. The molecule has 0 spiro atoms. The molecule has 52 valence electrons. The molecule has 0 saturated heterocycles. The molecule has 0 aliphatic heterocycles. The van der Waals surface area contributed by atoms with Crippen LogP contribution in [0.3, 0.4) is 0 Å². The molecule has 0 bridgehead atoms. The van der Waals surface area contributed by atoms with Crippen LogP contribution in [0.1, 0.15) is 0 Å². The van der Waals surface area contributed by atoms with E-state index in [1.807, 2.05) is 0 Å². The summed E-state index contributed by atoms with van der Waals surface area (Å²) >= 11 is 0. The maximum absolute atomic E-state index is 0. The molecule has 7 heavy (non-hydrogen) atoms. The van der Waals surface area contributed by atoms with Crippen molar-refractivity contribution in [1.29, 1.82) is 0 Å². The van der Waals surface area contributed by atoms with E-state index in [-0.39, 0.29) is 85.8 Å². The number of hydrogen-bond acceptors (Lipinski definition) is 4. The zero-order valence-corrected chi connectivity index (χ0v) is 9.03. The predicted molar refractivity (Wildman–Crippen MR) is 7.74 cm³/mol. The van der Waals surface area contributed by atoms with Crippen molar-refractivity contribution in [3.8, 4) is 0 Å². The second-order valence-corrected chi connectivity index (χ2v) is 0. The summed E-state index contributed by atoms with van der Waals surface area (Å²) < 4.78 is 0. The second-order valence-electron chi connectivity index (χ2n) is 0. The van der Waals surface area contributed by atoms with Gasteiger partial charge in [0, 0.05) is 21.7 Å². The Bertz CT molecular complexity index is 9.65. The van der Waals surface area contributed by atoms with E-state index in [2.05, 4.69) is 0 Å². The van der Waals surface area contributed by atoms with Crippen molar-refractivity contribution in [1.82, 2.24) is 0 Å². The van der Waals surface area contributed by atoms with Gasteiger partial charge in [-0.25, -0.2) is 0 Å². The monoisotopic (exact) mass is 506 g/mol. The molecule has 0 radical (unpaired) electrons. The van der Waals surface area contributed by atoms with Crippen LogP contribution in [0, 0.1) is 0 Å². The SMILES string of the molecule is [OH-].[OH-].[OH-].[OH-].[Pt+2].[Pt+2].[Ti]. The Morgan fingerprint density at radius 2 is 0.429 bits per heavy atom. The first-order valence-electron chi connectivity index (χ1n) is 0. The molecule has 0 amide bonds. The van der Waals surface area contributed by atoms with Crippen LogP contribution in [0.4, 0.5) is 0 Å². The van der Waals surface area contributed by atoms with Crippen LogP contribution >= 0.6 is 0 Å². The van der Waals surface area contributed by atoms with Gasteiger partial charge in [0.05, 0.1) is 0 Å². The summed E-state index contributed by atoms with van der Waals surface area (Å²) in [5.41, 5.74) is 0. The molecule has 0 unspecified atom stereocenters. The van der Waals surface area contributed by atoms with Crippen molar-refractivity contribution in [3.05, 3.63) is 0 Å². The molecule has 0 rings (SSSR count). The van der Waals surface area contributed by atoms with Gasteiger partial charge in [0.2, 0.25) is 0 Å². The van der Waals surface area contributed by atoms with Crippen molar-refractivity contribution in [2.75, 3.05) is 0 Å². The molecule has 0 saturated carbocycles. The average Bonchev–Trinajstić information content (AvgIpc) is 0. The van der Waals surface area contributed by atoms with Gasteiger partial charge in [-0.2, -0.15) is 0 Å². The molecule has 0 atom stereocenters. The van der Waals surface area contributed by atoms with Crippen LogP contribution in [0.5, 0.6) is 0 Å². The van der Waals surface area contributed by atoms with Crippen LogP contribution < -0.4 is 0 Å². The third-order valence-electron chi connectivity index (χ3n) is 0. The zero-order valence-electron chi connectivity index (χ0n) is 2.92. The molecule has 0 aliphatic rings. The zero-order chi connectivity index (χ0) is 0. The van der Waals surface area contributed by atoms with E-state index in [0.29, 0.717) is 0 Å². The van der Waals surface area contributed by atoms with E-state index in [4.69, 9.17) is 0 Å². The molecule has 0 fully saturated rings. The summed E-state index contributed by atoms with van der Waals surface area (Å²) in [7, 11) is 0. The summed E-state index contributed by atoms with van der Waals surface area (Å²) in [6.45, 7) is 0. The van der Waals surface area contributed by atoms with Crippen molar-refractivity contribution in [2.24, 2.45) is 0 Å². The van der Waals surface area contributed by atoms with Gasteiger partial charge in [0.1, 0.15) is 0 Å². The van der Waals surface area contributed by atoms with E-state index >= 15 is 0 Å². The molecular weight excluding hydrogens is 502 g/mol. The fourth-order valence-corrected chi connectivity index (χ4v) is 0. The summed E-state index contributed by atoms with van der Waals surface area (Å²) in [5.74, 6) is 0. The summed E-state index contributed by atoms with van der Waals surface area (Å²) in [6.07, 6.45) is 0. The third kappa shape index (κ3) is 74.8. The number of rotatable bonds is 0. The standard InChI is InChI=1S/4H2O.2Pt.Ti/h4*1H2;;;/q;;;;2*+2;/p-4. The van der Waals surface area contributed by atoms with E-state index < -0.39 is 0 Å². The van der Waals surface area contributed by atoms with Crippen molar-refractivity contribution in [3.63, 3.8) is 0 Å². The van der Waals surface area contributed by atoms with E-state index in [9.17, 15) is 0 Å². The van der Waals surface area contributed by atoms with Crippen molar-refractivity contribution in [2.45, 2.75) is 0 Å². The van der Waals surface area contributed by atoms with E-state index in [0.717, 1.165) is 0 Å². The van der Waals surface area contributed by atoms with Gasteiger partial charge in [0.15, 0.2) is 0 Å². The first-order chi connectivity index (χ1) is 0. The Morgan fingerprint density at radius 1 is 0.429 bits per heavy atom.